The molecule has 1 atom stereocenters. The highest BCUT2D eigenvalue weighted by Gasteiger charge is 2.42. The second-order valence-electron chi connectivity index (χ2n) is 10.9. The highest BCUT2D eigenvalue weighted by atomic mass is 35.5. The van der Waals surface area contributed by atoms with Gasteiger partial charge in [0.2, 0.25) is 5.91 Å². The van der Waals surface area contributed by atoms with Crippen molar-refractivity contribution < 1.29 is 33.3 Å². The van der Waals surface area contributed by atoms with Gasteiger partial charge >= 0.3 is 6.18 Å². The highest BCUT2D eigenvalue weighted by molar-refractivity contribution is 6.36. The van der Waals surface area contributed by atoms with E-state index >= 15 is 0 Å². The second kappa shape index (κ2) is 12.9. The van der Waals surface area contributed by atoms with Crippen molar-refractivity contribution in [1.82, 2.24) is 14.9 Å². The monoisotopic (exact) mass is 615 g/mol. The van der Waals surface area contributed by atoms with Crippen LogP contribution in [0.25, 0.3) is 11.1 Å². The van der Waals surface area contributed by atoms with Gasteiger partial charge in [-0.3, -0.25) is 14.6 Å². The maximum absolute atomic E-state index is 13.1. The minimum Gasteiger partial charge on any atom is -0.412 e. The molecule has 3 N–H and O–H groups in total. The van der Waals surface area contributed by atoms with Crippen LogP contribution in [0.4, 0.5) is 13.2 Å². The topological polar surface area (TPSA) is 95.6 Å². The Labute approximate surface area is 247 Å². The molecule has 0 spiro atoms. The van der Waals surface area contributed by atoms with Crippen molar-refractivity contribution in [2.75, 3.05) is 32.7 Å². The molecule has 2 aromatic carbocycles. The van der Waals surface area contributed by atoms with Crippen LogP contribution in [0.5, 0.6) is 0 Å². The van der Waals surface area contributed by atoms with E-state index < -0.39 is 12.1 Å². The molecule has 41 heavy (non-hydrogen) atoms. The molecule has 3 aliphatic rings. The fraction of sp³-hybridized carbons (Fsp3) is 0.517. The predicted molar refractivity (Wildman–Crippen MR) is 151 cm³/mol. The van der Waals surface area contributed by atoms with Crippen molar-refractivity contribution >= 4 is 35.0 Å². The number of piperidine rings is 2. The Morgan fingerprint density at radius 3 is 2.02 bits per heavy atom. The number of amides is 2. The molecule has 0 aliphatic carbocycles. The van der Waals surface area contributed by atoms with Gasteiger partial charge in [0.1, 0.15) is 0 Å². The summed E-state index contributed by atoms with van der Waals surface area (Å²) in [6, 6.07) is 10.5. The van der Waals surface area contributed by atoms with E-state index in [0.29, 0.717) is 60.9 Å². The van der Waals surface area contributed by atoms with Gasteiger partial charge in [0.15, 0.2) is 0 Å². The highest BCUT2D eigenvalue weighted by Crippen LogP contribution is 2.37. The van der Waals surface area contributed by atoms with Crippen molar-refractivity contribution in [1.29, 1.82) is 0 Å². The van der Waals surface area contributed by atoms with Crippen LogP contribution in [0.1, 0.15) is 48.0 Å². The second-order valence-corrected chi connectivity index (χ2v) is 11.8. The number of hydrogen-bond acceptors (Lipinski definition) is 4. The Hall–Kier alpha value is -2.37. The summed E-state index contributed by atoms with van der Waals surface area (Å²) in [6.45, 7) is 2.13. The third-order valence-corrected chi connectivity index (χ3v) is 9.05. The first-order valence-electron chi connectivity index (χ1n) is 13.7. The molecule has 5 rings (SSSR count). The molecule has 3 fully saturated rings. The summed E-state index contributed by atoms with van der Waals surface area (Å²) in [5.74, 6) is -1.81. The molecular weight excluding hydrogens is 582 g/mol. The molecule has 224 valence electrons. The van der Waals surface area contributed by atoms with Gasteiger partial charge in [0.25, 0.3) is 5.91 Å². The summed E-state index contributed by atoms with van der Waals surface area (Å²) in [7, 11) is 0. The molecule has 0 aromatic heterocycles. The first-order valence-corrected chi connectivity index (χ1v) is 14.5. The van der Waals surface area contributed by atoms with Crippen LogP contribution < -0.4 is 0 Å². The number of alkyl halides is 3. The standard InChI is InChI=1S/C29H32Cl2F3N3O3.H2O/c30-25-16-21(18-1-3-19(4-2-18)27(39)35-10-6-22(7-11-35)29(32,33)34)17-26(31)24(25)15-20-5-14-37(28(20)40)36-12-8-23(38)9-13-36;/h1-4,16-17,20,22-23,38H,5-15H2;1H2. The van der Waals surface area contributed by atoms with Gasteiger partial charge in [-0.1, -0.05) is 35.3 Å². The third-order valence-electron chi connectivity index (χ3n) is 8.38. The van der Waals surface area contributed by atoms with Crippen molar-refractivity contribution in [2.45, 2.75) is 50.8 Å². The number of likely N-dealkylation sites (tertiary alicyclic amines) is 1. The largest absolute Gasteiger partial charge is 0.412 e. The number of hydrazine groups is 1. The van der Waals surface area contributed by atoms with Crippen LogP contribution in [-0.2, 0) is 11.2 Å². The average Bonchev–Trinajstić information content (AvgIpc) is 3.30. The Morgan fingerprint density at radius 2 is 1.46 bits per heavy atom. The Kier molecular flexibility index (Phi) is 9.91. The number of hydrogen-bond donors (Lipinski definition) is 1. The molecule has 12 heteroatoms. The molecule has 0 saturated carbocycles. The summed E-state index contributed by atoms with van der Waals surface area (Å²) in [5, 5.41) is 14.5. The molecule has 0 bridgehead atoms. The zero-order chi connectivity index (χ0) is 28.6. The lowest BCUT2D eigenvalue weighted by atomic mass is 9.95. The lowest BCUT2D eigenvalue weighted by molar-refractivity contribution is -0.183. The molecule has 7 nitrogen and oxygen atoms in total. The third kappa shape index (κ3) is 7.00. The maximum atomic E-state index is 13.1. The van der Waals surface area contributed by atoms with Crippen LogP contribution in [0, 0.1) is 11.8 Å². The number of halogens is 5. The van der Waals surface area contributed by atoms with E-state index in [9.17, 15) is 27.9 Å². The molecular formula is C29H34Cl2F3N3O4. The van der Waals surface area contributed by atoms with Gasteiger partial charge in [0, 0.05) is 54.3 Å². The summed E-state index contributed by atoms with van der Waals surface area (Å²) >= 11 is 13.3. The zero-order valence-electron chi connectivity index (χ0n) is 22.5. The molecule has 1 unspecified atom stereocenters. The molecule has 3 heterocycles. The number of rotatable bonds is 5. The predicted octanol–water partition coefficient (Wildman–Crippen LogP) is 5.01. The van der Waals surface area contributed by atoms with Crippen LogP contribution in [0.2, 0.25) is 10.0 Å². The van der Waals surface area contributed by atoms with E-state index in [1.807, 2.05) is 5.01 Å². The van der Waals surface area contributed by atoms with E-state index in [1.54, 1.807) is 41.4 Å². The smallest absolute Gasteiger partial charge is 0.391 e. The number of benzene rings is 2. The first-order chi connectivity index (χ1) is 19.0. The van der Waals surface area contributed by atoms with E-state index in [0.717, 1.165) is 16.7 Å². The van der Waals surface area contributed by atoms with Gasteiger partial charge in [-0.05, 0) is 79.5 Å². The van der Waals surface area contributed by atoms with Crippen LogP contribution in [0.3, 0.4) is 0 Å². The number of nitrogens with zero attached hydrogens (tertiary/aromatic N) is 3. The van der Waals surface area contributed by atoms with E-state index in [4.69, 9.17) is 23.2 Å². The SMILES string of the molecule is O.O=C(c1ccc(-c2cc(Cl)c(CC3CCN(N4CCC(O)CC4)C3=O)c(Cl)c2)cc1)N1CCC(C(F)(F)F)CC1. The van der Waals surface area contributed by atoms with Crippen molar-refractivity contribution in [3.05, 3.63) is 57.6 Å². The van der Waals surface area contributed by atoms with Gasteiger partial charge in [-0.2, -0.15) is 13.2 Å². The Morgan fingerprint density at radius 1 is 0.878 bits per heavy atom. The van der Waals surface area contributed by atoms with Crippen molar-refractivity contribution in [3.63, 3.8) is 0 Å². The number of aliphatic hydroxyl groups excluding tert-OH is 1. The lowest BCUT2D eigenvalue weighted by Gasteiger charge is -2.36. The minimum absolute atomic E-state index is 0. The Bertz CT molecular complexity index is 1220. The number of carbonyl (C=O) groups excluding carboxylic acids is 2. The van der Waals surface area contributed by atoms with E-state index in [1.165, 1.54) is 4.90 Å². The fourth-order valence-corrected chi connectivity index (χ4v) is 6.54. The van der Waals surface area contributed by atoms with Gasteiger partial charge in [-0.25, -0.2) is 5.01 Å². The van der Waals surface area contributed by atoms with Crippen LogP contribution in [-0.4, -0.2) is 82.3 Å². The zero-order valence-corrected chi connectivity index (χ0v) is 24.0. The normalized spacial score (nSPS) is 21.3. The maximum Gasteiger partial charge on any atom is 0.391 e. The molecule has 2 amide bonds. The molecule has 2 aromatic rings. The molecule has 3 saturated heterocycles. The number of aliphatic hydroxyl groups is 1. The summed E-state index contributed by atoms with van der Waals surface area (Å²) < 4.78 is 38.8. The van der Waals surface area contributed by atoms with Crippen LogP contribution >= 0.6 is 23.2 Å². The van der Waals surface area contributed by atoms with Crippen molar-refractivity contribution in [3.8, 4) is 11.1 Å². The average molecular weight is 617 g/mol. The molecule has 3 aliphatic heterocycles. The van der Waals surface area contributed by atoms with Crippen LogP contribution in [0.15, 0.2) is 36.4 Å². The van der Waals surface area contributed by atoms with E-state index in [-0.39, 0.29) is 55.2 Å². The quantitative estimate of drug-likeness (QED) is 0.511. The fourth-order valence-electron chi connectivity index (χ4n) is 5.90. The minimum atomic E-state index is -4.22. The number of carbonyl (C=O) groups is 2. The van der Waals surface area contributed by atoms with Gasteiger partial charge in [-0.15, -0.1) is 0 Å². The summed E-state index contributed by atoms with van der Waals surface area (Å²) in [4.78, 5) is 27.4. The lowest BCUT2D eigenvalue weighted by Crippen LogP contribution is -2.49. The van der Waals surface area contributed by atoms with Gasteiger partial charge in [0.05, 0.1) is 12.0 Å². The van der Waals surface area contributed by atoms with Gasteiger partial charge < -0.3 is 15.5 Å². The van der Waals surface area contributed by atoms with E-state index in [2.05, 4.69) is 0 Å². The first kappa shape index (κ1) is 31.6. The van der Waals surface area contributed by atoms with Crippen molar-refractivity contribution in [2.24, 2.45) is 11.8 Å². The molecule has 0 radical (unpaired) electrons. The summed E-state index contributed by atoms with van der Waals surface area (Å²) in [6.07, 6.45) is -2.24. The Balaban J connectivity index is 0.00000387. The summed E-state index contributed by atoms with van der Waals surface area (Å²) in [5.41, 5.74) is 2.68.